The molecule has 0 saturated heterocycles. The molecule has 3 aromatic carbocycles. The van der Waals surface area contributed by atoms with E-state index in [0.29, 0.717) is 18.7 Å². The van der Waals surface area contributed by atoms with Gasteiger partial charge in [-0.2, -0.15) is 8.42 Å². The van der Waals surface area contributed by atoms with E-state index in [9.17, 15) is 13.5 Å². The third kappa shape index (κ3) is 5.40. The van der Waals surface area contributed by atoms with Crippen molar-refractivity contribution in [1.82, 2.24) is 5.32 Å². The van der Waals surface area contributed by atoms with Crippen molar-refractivity contribution >= 4 is 10.1 Å². The lowest BCUT2D eigenvalue weighted by Crippen LogP contribution is -2.21. The SMILES string of the molecule is O=S(=O)(Oc1ccc([C@H](O)CNCc2ccccc2)cc1)c1ccccc1. The molecule has 0 aromatic heterocycles. The number of hydrogen-bond acceptors (Lipinski definition) is 5. The van der Waals surface area contributed by atoms with Gasteiger partial charge in [0.25, 0.3) is 0 Å². The second-order valence-electron chi connectivity index (χ2n) is 6.05. The van der Waals surface area contributed by atoms with E-state index >= 15 is 0 Å². The molecule has 0 aliphatic rings. The van der Waals surface area contributed by atoms with Crippen LogP contribution in [0.15, 0.2) is 89.8 Å². The summed E-state index contributed by atoms with van der Waals surface area (Å²) in [6.45, 7) is 1.05. The van der Waals surface area contributed by atoms with E-state index in [4.69, 9.17) is 4.18 Å². The third-order valence-electron chi connectivity index (χ3n) is 4.01. The summed E-state index contributed by atoms with van der Waals surface area (Å²) >= 11 is 0. The van der Waals surface area contributed by atoms with E-state index < -0.39 is 16.2 Å². The van der Waals surface area contributed by atoms with Crippen LogP contribution in [0.25, 0.3) is 0 Å². The minimum absolute atomic E-state index is 0.0965. The van der Waals surface area contributed by atoms with Gasteiger partial charge in [0.15, 0.2) is 0 Å². The van der Waals surface area contributed by atoms with E-state index in [0.717, 1.165) is 5.56 Å². The topological polar surface area (TPSA) is 75.6 Å². The van der Waals surface area contributed by atoms with Gasteiger partial charge in [-0.3, -0.25) is 0 Å². The van der Waals surface area contributed by atoms with Crippen LogP contribution in [0.3, 0.4) is 0 Å². The number of rotatable bonds is 8. The highest BCUT2D eigenvalue weighted by Crippen LogP contribution is 2.21. The molecule has 0 heterocycles. The molecule has 0 aliphatic heterocycles. The Morgan fingerprint density at radius 1 is 0.852 bits per heavy atom. The van der Waals surface area contributed by atoms with Gasteiger partial charge in [-0.25, -0.2) is 0 Å². The lowest BCUT2D eigenvalue weighted by atomic mass is 10.1. The number of aliphatic hydroxyl groups is 1. The van der Waals surface area contributed by atoms with Gasteiger partial charge >= 0.3 is 10.1 Å². The van der Waals surface area contributed by atoms with Gasteiger partial charge in [0.2, 0.25) is 0 Å². The minimum Gasteiger partial charge on any atom is -0.387 e. The van der Waals surface area contributed by atoms with Crippen LogP contribution < -0.4 is 9.50 Å². The molecule has 0 amide bonds. The summed E-state index contributed by atoms with van der Waals surface area (Å²) in [6, 6.07) is 24.3. The molecule has 27 heavy (non-hydrogen) atoms. The highest BCUT2D eigenvalue weighted by atomic mass is 32.2. The number of hydrogen-bond donors (Lipinski definition) is 2. The number of nitrogens with one attached hydrogen (secondary N) is 1. The van der Waals surface area contributed by atoms with Crippen LogP contribution in [-0.2, 0) is 16.7 Å². The maximum absolute atomic E-state index is 12.2. The predicted molar refractivity (Wildman–Crippen MR) is 104 cm³/mol. The molecule has 0 radical (unpaired) electrons. The van der Waals surface area contributed by atoms with Crippen LogP contribution in [0.1, 0.15) is 17.2 Å². The minimum atomic E-state index is -3.87. The molecule has 0 aliphatic carbocycles. The molecule has 2 N–H and O–H groups in total. The molecule has 0 bridgehead atoms. The zero-order valence-electron chi connectivity index (χ0n) is 14.7. The average Bonchev–Trinajstić information content (AvgIpc) is 2.70. The van der Waals surface area contributed by atoms with Gasteiger partial charge in [-0.05, 0) is 35.4 Å². The van der Waals surface area contributed by atoms with Crippen LogP contribution in [0.4, 0.5) is 0 Å². The van der Waals surface area contributed by atoms with Gasteiger partial charge in [0.05, 0.1) is 6.10 Å². The Labute approximate surface area is 159 Å². The second-order valence-corrected chi connectivity index (χ2v) is 7.60. The van der Waals surface area contributed by atoms with Crippen molar-refractivity contribution in [3.8, 4) is 5.75 Å². The van der Waals surface area contributed by atoms with E-state index in [1.807, 2.05) is 30.3 Å². The van der Waals surface area contributed by atoms with Gasteiger partial charge < -0.3 is 14.6 Å². The molecule has 1 atom stereocenters. The number of aliphatic hydroxyl groups excluding tert-OH is 1. The van der Waals surface area contributed by atoms with E-state index in [2.05, 4.69) is 5.32 Å². The fourth-order valence-corrected chi connectivity index (χ4v) is 3.53. The lowest BCUT2D eigenvalue weighted by Gasteiger charge is -2.13. The van der Waals surface area contributed by atoms with Crippen molar-refractivity contribution < 1.29 is 17.7 Å². The zero-order valence-corrected chi connectivity index (χ0v) is 15.5. The highest BCUT2D eigenvalue weighted by Gasteiger charge is 2.16. The average molecular weight is 383 g/mol. The maximum atomic E-state index is 12.2. The standard InChI is InChI=1S/C21H21NO4S/c23-21(16-22-15-17-7-3-1-4-8-17)18-11-13-19(14-12-18)26-27(24,25)20-9-5-2-6-10-20/h1-14,21-23H,15-16H2/t21-/m1/s1. The second kappa shape index (κ2) is 8.81. The molecule has 0 unspecified atom stereocenters. The summed E-state index contributed by atoms with van der Waals surface area (Å²) in [5.74, 6) is 0.201. The van der Waals surface area contributed by atoms with Crippen molar-refractivity contribution in [2.24, 2.45) is 0 Å². The van der Waals surface area contributed by atoms with Crippen LogP contribution in [0, 0.1) is 0 Å². The quantitative estimate of drug-likeness (QED) is 0.584. The molecule has 140 valence electrons. The Morgan fingerprint density at radius 3 is 2.07 bits per heavy atom. The molecule has 0 spiro atoms. The molecular formula is C21H21NO4S. The molecular weight excluding hydrogens is 362 g/mol. The first kappa shape index (κ1) is 19.1. The molecule has 6 heteroatoms. The van der Waals surface area contributed by atoms with Crippen LogP contribution in [0.2, 0.25) is 0 Å². The highest BCUT2D eigenvalue weighted by molar-refractivity contribution is 7.87. The summed E-state index contributed by atoms with van der Waals surface area (Å²) < 4.78 is 29.6. The molecule has 3 rings (SSSR count). The van der Waals surface area contributed by atoms with Crippen molar-refractivity contribution in [2.75, 3.05) is 6.54 Å². The summed E-state index contributed by atoms with van der Waals surface area (Å²) in [5.41, 5.74) is 1.82. The molecule has 0 saturated carbocycles. The van der Waals surface area contributed by atoms with Gasteiger partial charge in [0.1, 0.15) is 10.6 Å². The summed E-state index contributed by atoms with van der Waals surface area (Å²) in [4.78, 5) is 0.0965. The summed E-state index contributed by atoms with van der Waals surface area (Å²) in [7, 11) is -3.87. The Balaban J connectivity index is 1.56. The Morgan fingerprint density at radius 2 is 1.44 bits per heavy atom. The van der Waals surface area contributed by atoms with Crippen LogP contribution >= 0.6 is 0 Å². The van der Waals surface area contributed by atoms with Gasteiger partial charge in [-0.15, -0.1) is 0 Å². The smallest absolute Gasteiger partial charge is 0.339 e. The number of benzene rings is 3. The first-order chi connectivity index (χ1) is 13.0. The predicted octanol–water partition coefficient (Wildman–Crippen LogP) is 3.28. The van der Waals surface area contributed by atoms with Crippen LogP contribution in [-0.4, -0.2) is 20.1 Å². The van der Waals surface area contributed by atoms with Gasteiger partial charge in [-0.1, -0.05) is 60.7 Å². The molecule has 3 aromatic rings. The normalized spacial score (nSPS) is 12.5. The fourth-order valence-electron chi connectivity index (χ4n) is 2.57. The lowest BCUT2D eigenvalue weighted by molar-refractivity contribution is 0.174. The molecule has 0 fully saturated rings. The monoisotopic (exact) mass is 383 g/mol. The van der Waals surface area contributed by atoms with E-state index in [1.165, 1.54) is 24.3 Å². The Kier molecular flexibility index (Phi) is 6.24. The zero-order chi connectivity index (χ0) is 19.1. The van der Waals surface area contributed by atoms with Crippen LogP contribution in [0.5, 0.6) is 5.75 Å². The first-order valence-electron chi connectivity index (χ1n) is 8.57. The Hall–Kier alpha value is -2.67. The van der Waals surface area contributed by atoms with E-state index in [-0.39, 0.29) is 10.6 Å². The summed E-state index contributed by atoms with van der Waals surface area (Å²) in [6.07, 6.45) is -0.700. The van der Waals surface area contributed by atoms with Crippen molar-refractivity contribution in [1.29, 1.82) is 0 Å². The third-order valence-corrected chi connectivity index (χ3v) is 5.27. The summed E-state index contributed by atoms with van der Waals surface area (Å²) in [5, 5.41) is 13.5. The van der Waals surface area contributed by atoms with Crippen molar-refractivity contribution in [3.63, 3.8) is 0 Å². The fraction of sp³-hybridized carbons (Fsp3) is 0.143. The van der Waals surface area contributed by atoms with Crippen molar-refractivity contribution in [2.45, 2.75) is 17.5 Å². The maximum Gasteiger partial charge on any atom is 0.339 e. The van der Waals surface area contributed by atoms with Gasteiger partial charge in [0, 0.05) is 13.1 Å². The van der Waals surface area contributed by atoms with E-state index in [1.54, 1.807) is 30.3 Å². The van der Waals surface area contributed by atoms with Crippen molar-refractivity contribution in [3.05, 3.63) is 96.1 Å². The largest absolute Gasteiger partial charge is 0.387 e. The first-order valence-corrected chi connectivity index (χ1v) is 9.98. The Bertz CT molecular complexity index is 942. The molecule has 5 nitrogen and oxygen atoms in total.